The molecule has 0 saturated heterocycles. The molecule has 2 heteroatoms. The maximum absolute atomic E-state index is 11.8. The molecule has 0 bridgehead atoms. The number of carbonyl (C=O) groups excluding carboxylic acids is 1. The van der Waals surface area contributed by atoms with E-state index in [2.05, 4.69) is 12.2 Å². The summed E-state index contributed by atoms with van der Waals surface area (Å²) in [5.74, 6) is 0.397. The third-order valence-corrected chi connectivity index (χ3v) is 2.95. The Morgan fingerprint density at radius 3 is 2.40 bits per heavy atom. The van der Waals surface area contributed by atoms with E-state index in [1.807, 2.05) is 24.3 Å². The number of hydrogen-bond donors (Lipinski definition) is 1. The van der Waals surface area contributed by atoms with E-state index in [1.165, 1.54) is 12.8 Å². The molecule has 0 unspecified atom stereocenters. The Kier molecular flexibility index (Phi) is 3.05. The SMILES string of the molecule is [CH2]c1ccc(NC(=O)C2CCCC2)cc1. The van der Waals surface area contributed by atoms with Gasteiger partial charge in [0.1, 0.15) is 0 Å². The first-order valence-electron chi connectivity index (χ1n) is 5.48. The number of amides is 1. The average Bonchev–Trinajstić information content (AvgIpc) is 2.74. The normalized spacial score (nSPS) is 16.6. The van der Waals surface area contributed by atoms with E-state index in [-0.39, 0.29) is 11.8 Å². The topological polar surface area (TPSA) is 29.1 Å². The first-order chi connectivity index (χ1) is 7.25. The first kappa shape index (κ1) is 10.2. The molecule has 0 aromatic heterocycles. The van der Waals surface area contributed by atoms with Gasteiger partial charge in [0.05, 0.1) is 0 Å². The highest BCUT2D eigenvalue weighted by molar-refractivity contribution is 5.92. The Labute approximate surface area is 90.7 Å². The van der Waals surface area contributed by atoms with Crippen LogP contribution in [0.5, 0.6) is 0 Å². The summed E-state index contributed by atoms with van der Waals surface area (Å²) in [4.78, 5) is 11.8. The summed E-state index contributed by atoms with van der Waals surface area (Å²) >= 11 is 0. The summed E-state index contributed by atoms with van der Waals surface area (Å²) in [5.41, 5.74) is 1.84. The lowest BCUT2D eigenvalue weighted by Crippen LogP contribution is -2.20. The molecule has 1 aromatic rings. The second-order valence-electron chi connectivity index (χ2n) is 4.17. The van der Waals surface area contributed by atoms with Crippen molar-refractivity contribution < 1.29 is 4.79 Å². The highest BCUT2D eigenvalue weighted by Crippen LogP contribution is 2.25. The molecule has 1 amide bonds. The predicted octanol–water partition coefficient (Wildman–Crippen LogP) is 3.00. The van der Waals surface area contributed by atoms with Crippen LogP contribution >= 0.6 is 0 Å². The van der Waals surface area contributed by atoms with Crippen LogP contribution in [0.2, 0.25) is 0 Å². The van der Waals surface area contributed by atoms with Crippen LogP contribution in [0.15, 0.2) is 24.3 Å². The fraction of sp³-hybridized carbons (Fsp3) is 0.385. The third-order valence-electron chi connectivity index (χ3n) is 2.95. The van der Waals surface area contributed by atoms with E-state index in [4.69, 9.17) is 0 Å². The predicted molar refractivity (Wildman–Crippen MR) is 61.5 cm³/mol. The fourth-order valence-electron chi connectivity index (χ4n) is 2.02. The second-order valence-corrected chi connectivity index (χ2v) is 4.17. The van der Waals surface area contributed by atoms with Crippen LogP contribution in [0.4, 0.5) is 5.69 Å². The van der Waals surface area contributed by atoms with E-state index < -0.39 is 0 Å². The number of nitrogens with one attached hydrogen (secondary N) is 1. The Hall–Kier alpha value is -1.31. The summed E-state index contributed by atoms with van der Waals surface area (Å²) < 4.78 is 0. The van der Waals surface area contributed by atoms with Crippen molar-refractivity contribution in [1.29, 1.82) is 0 Å². The molecular weight excluding hydrogens is 186 g/mol. The lowest BCUT2D eigenvalue weighted by molar-refractivity contribution is -0.119. The molecule has 1 aliphatic carbocycles. The van der Waals surface area contributed by atoms with Gasteiger partial charge in [0.25, 0.3) is 0 Å². The van der Waals surface area contributed by atoms with Crippen LogP contribution in [-0.2, 0) is 4.79 Å². The smallest absolute Gasteiger partial charge is 0.227 e. The number of anilines is 1. The minimum atomic E-state index is 0.171. The van der Waals surface area contributed by atoms with Crippen molar-refractivity contribution in [3.8, 4) is 0 Å². The van der Waals surface area contributed by atoms with Gasteiger partial charge in [-0.25, -0.2) is 0 Å². The molecule has 0 heterocycles. The highest BCUT2D eigenvalue weighted by atomic mass is 16.1. The Morgan fingerprint density at radius 1 is 1.20 bits per heavy atom. The molecule has 0 atom stereocenters. The zero-order valence-corrected chi connectivity index (χ0v) is 8.83. The molecular formula is C13H16NO. The maximum Gasteiger partial charge on any atom is 0.227 e. The van der Waals surface area contributed by atoms with Crippen LogP contribution in [0.1, 0.15) is 31.2 Å². The summed E-state index contributed by atoms with van der Waals surface area (Å²) in [6, 6.07) is 7.61. The molecule has 0 spiro atoms. The molecule has 79 valence electrons. The monoisotopic (exact) mass is 202 g/mol. The van der Waals surface area contributed by atoms with Gasteiger partial charge < -0.3 is 5.32 Å². The van der Waals surface area contributed by atoms with Gasteiger partial charge in [-0.2, -0.15) is 0 Å². The van der Waals surface area contributed by atoms with Crippen LogP contribution in [0.3, 0.4) is 0 Å². The zero-order valence-electron chi connectivity index (χ0n) is 8.83. The maximum atomic E-state index is 11.8. The third kappa shape index (κ3) is 2.58. The van der Waals surface area contributed by atoms with Gasteiger partial charge in [-0.15, -0.1) is 0 Å². The molecule has 2 nitrogen and oxygen atoms in total. The van der Waals surface area contributed by atoms with Crippen molar-refractivity contribution in [2.45, 2.75) is 25.7 Å². The summed E-state index contributed by atoms with van der Waals surface area (Å²) in [7, 11) is 0. The quantitative estimate of drug-likeness (QED) is 0.784. The Balaban J connectivity index is 1.96. The summed E-state index contributed by atoms with van der Waals surface area (Å²) in [6.07, 6.45) is 4.46. The number of carbonyl (C=O) groups is 1. The van der Waals surface area contributed by atoms with E-state index >= 15 is 0 Å². The highest BCUT2D eigenvalue weighted by Gasteiger charge is 2.22. The molecule has 2 rings (SSSR count). The molecule has 1 saturated carbocycles. The van der Waals surface area contributed by atoms with Crippen LogP contribution in [-0.4, -0.2) is 5.91 Å². The Morgan fingerprint density at radius 2 is 1.80 bits per heavy atom. The van der Waals surface area contributed by atoms with Crippen molar-refractivity contribution >= 4 is 11.6 Å². The van der Waals surface area contributed by atoms with E-state index in [9.17, 15) is 4.79 Å². The van der Waals surface area contributed by atoms with Crippen LogP contribution in [0.25, 0.3) is 0 Å². The van der Waals surface area contributed by atoms with Gasteiger partial charge in [0.15, 0.2) is 0 Å². The lowest BCUT2D eigenvalue weighted by atomic mass is 10.1. The second kappa shape index (κ2) is 4.47. The first-order valence-corrected chi connectivity index (χ1v) is 5.48. The fourth-order valence-corrected chi connectivity index (χ4v) is 2.02. The van der Waals surface area contributed by atoms with E-state index in [1.54, 1.807) is 0 Å². The molecule has 1 N–H and O–H groups in total. The molecule has 0 aliphatic heterocycles. The van der Waals surface area contributed by atoms with Crippen LogP contribution < -0.4 is 5.32 Å². The van der Waals surface area contributed by atoms with Crippen molar-refractivity contribution in [2.24, 2.45) is 5.92 Å². The summed E-state index contributed by atoms with van der Waals surface area (Å²) in [5, 5.41) is 2.94. The number of hydrogen-bond acceptors (Lipinski definition) is 1. The largest absolute Gasteiger partial charge is 0.326 e. The van der Waals surface area contributed by atoms with Crippen molar-refractivity contribution in [1.82, 2.24) is 0 Å². The van der Waals surface area contributed by atoms with E-state index in [0.29, 0.717) is 0 Å². The van der Waals surface area contributed by atoms with Gasteiger partial charge >= 0.3 is 0 Å². The van der Waals surface area contributed by atoms with Gasteiger partial charge in [0.2, 0.25) is 5.91 Å². The van der Waals surface area contributed by atoms with Crippen molar-refractivity contribution in [3.63, 3.8) is 0 Å². The minimum Gasteiger partial charge on any atom is -0.326 e. The van der Waals surface area contributed by atoms with Gasteiger partial charge in [-0.05, 0) is 37.5 Å². The molecule has 1 aromatic carbocycles. The number of rotatable bonds is 2. The molecule has 1 aliphatic rings. The molecule has 1 fully saturated rings. The van der Waals surface area contributed by atoms with Gasteiger partial charge in [-0.1, -0.05) is 25.0 Å². The van der Waals surface area contributed by atoms with Crippen molar-refractivity contribution in [2.75, 3.05) is 5.32 Å². The van der Waals surface area contributed by atoms with Gasteiger partial charge in [0, 0.05) is 11.6 Å². The van der Waals surface area contributed by atoms with Crippen molar-refractivity contribution in [3.05, 3.63) is 36.8 Å². The minimum absolute atomic E-state index is 0.171. The number of benzene rings is 1. The zero-order chi connectivity index (χ0) is 10.7. The average molecular weight is 202 g/mol. The summed E-state index contributed by atoms with van der Waals surface area (Å²) in [6.45, 7) is 3.81. The Bertz CT molecular complexity index is 336. The molecule has 1 radical (unpaired) electrons. The molecule has 15 heavy (non-hydrogen) atoms. The van der Waals surface area contributed by atoms with Crippen LogP contribution in [0, 0.1) is 12.8 Å². The van der Waals surface area contributed by atoms with E-state index in [0.717, 1.165) is 24.1 Å². The lowest BCUT2D eigenvalue weighted by Gasteiger charge is -2.10. The van der Waals surface area contributed by atoms with Gasteiger partial charge in [-0.3, -0.25) is 4.79 Å². The standard InChI is InChI=1S/C13H16NO/c1-10-6-8-12(9-7-10)14-13(15)11-4-2-3-5-11/h6-9,11H,1-5H2,(H,14,15).